The number of halogens is 1. The third kappa shape index (κ3) is 4.43. The number of aromatic amines is 1. The van der Waals surface area contributed by atoms with Crippen molar-refractivity contribution in [2.75, 3.05) is 6.54 Å². The first kappa shape index (κ1) is 18.0. The topological polar surface area (TPSA) is 62.7 Å². The predicted octanol–water partition coefficient (Wildman–Crippen LogP) is 3.41. The SMILES string of the molecule is Cc1cccc(-c2n[nH]c(=S)n2CC(=O)NCCc2cccc(F)c2)c1. The number of amides is 1. The second-order valence-electron chi connectivity index (χ2n) is 6.04. The summed E-state index contributed by atoms with van der Waals surface area (Å²) in [7, 11) is 0. The summed E-state index contributed by atoms with van der Waals surface area (Å²) >= 11 is 5.25. The van der Waals surface area contributed by atoms with Crippen molar-refractivity contribution in [1.29, 1.82) is 0 Å². The fourth-order valence-electron chi connectivity index (χ4n) is 2.71. The van der Waals surface area contributed by atoms with Gasteiger partial charge in [-0.15, -0.1) is 0 Å². The number of nitrogens with one attached hydrogen (secondary N) is 2. The first-order chi connectivity index (χ1) is 12.5. The van der Waals surface area contributed by atoms with Gasteiger partial charge in [-0.2, -0.15) is 5.10 Å². The van der Waals surface area contributed by atoms with Crippen LogP contribution in [0.15, 0.2) is 48.5 Å². The smallest absolute Gasteiger partial charge is 0.240 e. The van der Waals surface area contributed by atoms with Gasteiger partial charge in [0.15, 0.2) is 10.6 Å². The van der Waals surface area contributed by atoms with Crippen LogP contribution in [-0.2, 0) is 17.8 Å². The molecule has 2 aromatic carbocycles. The maximum Gasteiger partial charge on any atom is 0.240 e. The Kier molecular flexibility index (Phi) is 5.58. The van der Waals surface area contributed by atoms with Crippen molar-refractivity contribution in [2.45, 2.75) is 19.9 Å². The summed E-state index contributed by atoms with van der Waals surface area (Å²) in [6.45, 7) is 2.49. The van der Waals surface area contributed by atoms with Crippen LogP contribution in [0.1, 0.15) is 11.1 Å². The van der Waals surface area contributed by atoms with Crippen molar-refractivity contribution in [3.8, 4) is 11.4 Å². The largest absolute Gasteiger partial charge is 0.354 e. The highest BCUT2D eigenvalue weighted by molar-refractivity contribution is 7.71. The van der Waals surface area contributed by atoms with Gasteiger partial charge in [0, 0.05) is 12.1 Å². The molecule has 0 aliphatic heterocycles. The number of aromatic nitrogens is 3. The van der Waals surface area contributed by atoms with E-state index >= 15 is 0 Å². The van der Waals surface area contributed by atoms with E-state index in [4.69, 9.17) is 12.2 Å². The standard InChI is InChI=1S/C19H19FN4OS/c1-13-4-2-6-15(10-13)18-22-23-19(26)24(18)12-17(25)21-9-8-14-5-3-7-16(20)11-14/h2-7,10-11H,8-9,12H2,1H3,(H,21,25)(H,23,26). The number of hydrogen-bond donors (Lipinski definition) is 2. The molecular weight excluding hydrogens is 351 g/mol. The molecule has 0 bridgehead atoms. The molecule has 3 aromatic rings. The van der Waals surface area contributed by atoms with E-state index in [0.29, 0.717) is 23.6 Å². The van der Waals surface area contributed by atoms with E-state index in [2.05, 4.69) is 15.5 Å². The van der Waals surface area contributed by atoms with E-state index < -0.39 is 0 Å². The fourth-order valence-corrected chi connectivity index (χ4v) is 2.90. The normalized spacial score (nSPS) is 10.7. The summed E-state index contributed by atoms with van der Waals surface area (Å²) in [4.78, 5) is 12.3. The Morgan fingerprint density at radius 2 is 2.08 bits per heavy atom. The highest BCUT2D eigenvalue weighted by Crippen LogP contribution is 2.18. The number of carbonyl (C=O) groups excluding carboxylic acids is 1. The minimum Gasteiger partial charge on any atom is -0.354 e. The third-order valence-corrected chi connectivity index (χ3v) is 4.27. The van der Waals surface area contributed by atoms with Gasteiger partial charge in [-0.25, -0.2) is 4.39 Å². The van der Waals surface area contributed by atoms with E-state index in [0.717, 1.165) is 16.7 Å². The Bertz CT molecular complexity index is 979. The molecule has 1 amide bonds. The minimum atomic E-state index is -0.277. The van der Waals surface area contributed by atoms with Crippen molar-refractivity contribution in [2.24, 2.45) is 0 Å². The number of aryl methyl sites for hydroxylation is 1. The Balaban J connectivity index is 1.64. The molecule has 26 heavy (non-hydrogen) atoms. The van der Waals surface area contributed by atoms with E-state index in [-0.39, 0.29) is 18.3 Å². The number of benzene rings is 2. The molecule has 3 rings (SSSR count). The monoisotopic (exact) mass is 370 g/mol. The van der Waals surface area contributed by atoms with Gasteiger partial charge in [0.25, 0.3) is 0 Å². The van der Waals surface area contributed by atoms with Gasteiger partial charge in [0.05, 0.1) is 0 Å². The van der Waals surface area contributed by atoms with Crippen LogP contribution in [0.3, 0.4) is 0 Å². The average Bonchev–Trinajstić information content (AvgIpc) is 2.96. The quantitative estimate of drug-likeness (QED) is 0.654. The van der Waals surface area contributed by atoms with Crippen LogP contribution in [0.2, 0.25) is 0 Å². The fraction of sp³-hybridized carbons (Fsp3) is 0.211. The van der Waals surface area contributed by atoms with Crippen molar-refractivity contribution in [3.63, 3.8) is 0 Å². The molecule has 0 fully saturated rings. The van der Waals surface area contributed by atoms with Gasteiger partial charge in [0.2, 0.25) is 5.91 Å². The molecule has 0 unspecified atom stereocenters. The lowest BCUT2D eigenvalue weighted by Crippen LogP contribution is -2.29. The molecule has 0 radical (unpaired) electrons. The summed E-state index contributed by atoms with van der Waals surface area (Å²) in [6.07, 6.45) is 0.561. The van der Waals surface area contributed by atoms with Crippen molar-refractivity contribution < 1.29 is 9.18 Å². The van der Waals surface area contributed by atoms with Crippen LogP contribution in [0.25, 0.3) is 11.4 Å². The molecule has 1 heterocycles. The zero-order valence-electron chi connectivity index (χ0n) is 14.3. The summed E-state index contributed by atoms with van der Waals surface area (Å²) in [6, 6.07) is 14.2. The van der Waals surface area contributed by atoms with E-state index in [1.54, 1.807) is 10.6 Å². The predicted molar refractivity (Wildman–Crippen MR) is 101 cm³/mol. The van der Waals surface area contributed by atoms with Crippen LogP contribution in [0.5, 0.6) is 0 Å². The van der Waals surface area contributed by atoms with Crippen LogP contribution >= 0.6 is 12.2 Å². The van der Waals surface area contributed by atoms with Crippen LogP contribution in [-0.4, -0.2) is 27.2 Å². The lowest BCUT2D eigenvalue weighted by atomic mass is 10.1. The van der Waals surface area contributed by atoms with E-state index in [1.807, 2.05) is 37.3 Å². The zero-order chi connectivity index (χ0) is 18.5. The van der Waals surface area contributed by atoms with Gasteiger partial charge >= 0.3 is 0 Å². The van der Waals surface area contributed by atoms with E-state index in [9.17, 15) is 9.18 Å². The van der Waals surface area contributed by atoms with Crippen molar-refractivity contribution in [3.05, 3.63) is 70.2 Å². The molecule has 2 N–H and O–H groups in total. The molecule has 7 heteroatoms. The Hall–Kier alpha value is -2.80. The number of H-pyrrole nitrogens is 1. The lowest BCUT2D eigenvalue weighted by molar-refractivity contribution is -0.121. The average molecular weight is 370 g/mol. The van der Waals surface area contributed by atoms with E-state index in [1.165, 1.54) is 12.1 Å². The first-order valence-corrected chi connectivity index (χ1v) is 8.67. The lowest BCUT2D eigenvalue weighted by Gasteiger charge is -2.09. The second kappa shape index (κ2) is 8.05. The second-order valence-corrected chi connectivity index (χ2v) is 6.42. The first-order valence-electron chi connectivity index (χ1n) is 8.26. The summed E-state index contributed by atoms with van der Waals surface area (Å²) in [5.74, 6) is 0.174. The number of rotatable bonds is 6. The Morgan fingerprint density at radius 1 is 1.27 bits per heavy atom. The highest BCUT2D eigenvalue weighted by atomic mass is 32.1. The van der Waals surface area contributed by atoms with Gasteiger partial charge < -0.3 is 5.32 Å². The van der Waals surface area contributed by atoms with Gasteiger partial charge in [-0.05, 0) is 49.3 Å². The molecule has 5 nitrogen and oxygen atoms in total. The summed E-state index contributed by atoms with van der Waals surface area (Å²) < 4.78 is 15.2. The van der Waals surface area contributed by atoms with Gasteiger partial charge in [-0.1, -0.05) is 35.9 Å². The minimum absolute atomic E-state index is 0.0712. The van der Waals surface area contributed by atoms with Crippen LogP contribution in [0.4, 0.5) is 4.39 Å². The number of nitrogens with zero attached hydrogens (tertiary/aromatic N) is 2. The van der Waals surface area contributed by atoms with Crippen LogP contribution in [0, 0.1) is 17.5 Å². The molecule has 0 aliphatic carbocycles. The van der Waals surface area contributed by atoms with Crippen LogP contribution < -0.4 is 5.32 Å². The number of hydrogen-bond acceptors (Lipinski definition) is 3. The molecule has 0 spiro atoms. The van der Waals surface area contributed by atoms with Crippen molar-refractivity contribution in [1.82, 2.24) is 20.1 Å². The molecule has 1 aromatic heterocycles. The Morgan fingerprint density at radius 3 is 2.85 bits per heavy atom. The maximum atomic E-state index is 13.2. The molecular formula is C19H19FN4OS. The molecule has 0 atom stereocenters. The number of carbonyl (C=O) groups is 1. The third-order valence-electron chi connectivity index (χ3n) is 3.96. The molecule has 0 aliphatic rings. The summed E-state index contributed by atoms with van der Waals surface area (Å²) in [5, 5.41) is 9.82. The molecule has 0 saturated heterocycles. The molecule has 0 saturated carbocycles. The highest BCUT2D eigenvalue weighted by Gasteiger charge is 2.12. The Labute approximate surface area is 155 Å². The zero-order valence-corrected chi connectivity index (χ0v) is 15.1. The summed E-state index contributed by atoms with van der Waals surface area (Å²) in [5.41, 5.74) is 2.83. The van der Waals surface area contributed by atoms with Gasteiger partial charge in [0.1, 0.15) is 12.4 Å². The van der Waals surface area contributed by atoms with Gasteiger partial charge in [-0.3, -0.25) is 14.5 Å². The maximum absolute atomic E-state index is 13.2. The molecule has 134 valence electrons. The van der Waals surface area contributed by atoms with Crippen molar-refractivity contribution >= 4 is 18.1 Å².